The Hall–Kier alpha value is -1.42. The van der Waals surface area contributed by atoms with Crippen LogP contribution in [0.1, 0.15) is 51.5 Å². The Bertz CT molecular complexity index is 607. The fourth-order valence-corrected chi connectivity index (χ4v) is 4.38. The highest BCUT2D eigenvalue weighted by molar-refractivity contribution is 5.93. The molecule has 1 aromatic carbocycles. The fourth-order valence-electron chi connectivity index (χ4n) is 4.38. The van der Waals surface area contributed by atoms with Crippen LogP contribution >= 0.6 is 0 Å². The van der Waals surface area contributed by atoms with Crippen molar-refractivity contribution in [3.05, 3.63) is 35.6 Å². The molecule has 2 fully saturated rings. The Balaban J connectivity index is 1.91. The van der Waals surface area contributed by atoms with E-state index in [-0.39, 0.29) is 22.7 Å². The van der Waals surface area contributed by atoms with Crippen molar-refractivity contribution in [2.75, 3.05) is 13.7 Å². The maximum Gasteiger partial charge on any atom is 0.231 e. The van der Waals surface area contributed by atoms with Crippen molar-refractivity contribution in [3.63, 3.8) is 0 Å². The molecule has 23 heavy (non-hydrogen) atoms. The molecule has 1 N–H and O–H groups in total. The number of hydrogen-bond donors (Lipinski definition) is 1. The number of nitrogens with one attached hydrogen (secondary N) is 1. The van der Waals surface area contributed by atoms with Gasteiger partial charge in [0.05, 0.1) is 17.6 Å². The van der Waals surface area contributed by atoms with E-state index in [0.29, 0.717) is 18.6 Å². The number of benzene rings is 1. The standard InChI is InChI=1S/C19H26FNO2/c1-17(2)12-19(17,14-8-4-5-9-15(14)20)16(22)21-18(13-23-3)10-6-7-11-18/h4-5,8-9H,6-7,10-13H2,1-3H3,(H,21,22)/t19-/m1/s1. The first-order valence-corrected chi connectivity index (χ1v) is 8.44. The topological polar surface area (TPSA) is 38.3 Å². The van der Waals surface area contributed by atoms with Gasteiger partial charge < -0.3 is 10.1 Å². The third-order valence-corrected chi connectivity index (χ3v) is 5.82. The summed E-state index contributed by atoms with van der Waals surface area (Å²) in [6.07, 6.45) is 4.73. The second-order valence-electron chi connectivity index (χ2n) is 7.82. The van der Waals surface area contributed by atoms with E-state index in [2.05, 4.69) is 5.32 Å². The number of carbonyl (C=O) groups excluding carboxylic acids is 1. The van der Waals surface area contributed by atoms with Crippen LogP contribution in [-0.2, 0) is 14.9 Å². The maximum atomic E-state index is 14.4. The Morgan fingerprint density at radius 1 is 1.26 bits per heavy atom. The Morgan fingerprint density at radius 3 is 2.39 bits per heavy atom. The molecule has 0 aromatic heterocycles. The molecule has 0 spiro atoms. The predicted molar refractivity (Wildman–Crippen MR) is 87.7 cm³/mol. The summed E-state index contributed by atoms with van der Waals surface area (Å²) in [6, 6.07) is 6.67. The zero-order chi connectivity index (χ0) is 16.7. The number of hydrogen-bond acceptors (Lipinski definition) is 2. The van der Waals surface area contributed by atoms with Crippen LogP contribution in [0, 0.1) is 11.2 Å². The van der Waals surface area contributed by atoms with Crippen LogP contribution in [0.25, 0.3) is 0 Å². The lowest BCUT2D eigenvalue weighted by Crippen LogP contribution is -2.53. The number of rotatable bonds is 5. The van der Waals surface area contributed by atoms with Gasteiger partial charge in [-0.15, -0.1) is 0 Å². The molecule has 3 nitrogen and oxygen atoms in total. The number of carbonyl (C=O) groups is 1. The second kappa shape index (κ2) is 5.59. The summed E-state index contributed by atoms with van der Waals surface area (Å²) in [4.78, 5) is 13.2. The molecule has 0 saturated heterocycles. The lowest BCUT2D eigenvalue weighted by molar-refractivity contribution is -0.127. The molecule has 0 bridgehead atoms. The first kappa shape index (κ1) is 16.4. The van der Waals surface area contributed by atoms with Gasteiger partial charge in [0.25, 0.3) is 0 Å². The van der Waals surface area contributed by atoms with Gasteiger partial charge >= 0.3 is 0 Å². The van der Waals surface area contributed by atoms with E-state index in [1.807, 2.05) is 19.9 Å². The Labute approximate surface area is 137 Å². The number of amides is 1. The third-order valence-electron chi connectivity index (χ3n) is 5.82. The highest BCUT2D eigenvalue weighted by Crippen LogP contribution is 2.65. The smallest absolute Gasteiger partial charge is 0.231 e. The first-order valence-electron chi connectivity index (χ1n) is 8.44. The summed E-state index contributed by atoms with van der Waals surface area (Å²) in [5.74, 6) is -0.341. The molecule has 2 aliphatic carbocycles. The summed E-state index contributed by atoms with van der Waals surface area (Å²) < 4.78 is 19.7. The molecule has 2 aliphatic rings. The zero-order valence-electron chi connectivity index (χ0n) is 14.2. The molecule has 0 heterocycles. The molecule has 0 aliphatic heterocycles. The Kier molecular flexibility index (Phi) is 3.99. The van der Waals surface area contributed by atoms with Gasteiger partial charge in [-0.2, -0.15) is 0 Å². The van der Waals surface area contributed by atoms with Crippen molar-refractivity contribution in [2.45, 2.75) is 56.9 Å². The van der Waals surface area contributed by atoms with Gasteiger partial charge in [0.2, 0.25) is 5.91 Å². The van der Waals surface area contributed by atoms with E-state index in [9.17, 15) is 9.18 Å². The van der Waals surface area contributed by atoms with Crippen molar-refractivity contribution in [3.8, 4) is 0 Å². The molecular weight excluding hydrogens is 293 g/mol. The lowest BCUT2D eigenvalue weighted by Gasteiger charge is -2.33. The normalized spacial score (nSPS) is 27.7. The molecule has 1 amide bonds. The van der Waals surface area contributed by atoms with Crippen molar-refractivity contribution in [2.24, 2.45) is 5.41 Å². The molecular formula is C19H26FNO2. The monoisotopic (exact) mass is 319 g/mol. The number of halogens is 1. The van der Waals surface area contributed by atoms with Crippen LogP contribution in [0.5, 0.6) is 0 Å². The third kappa shape index (κ3) is 2.57. The van der Waals surface area contributed by atoms with Gasteiger partial charge in [-0.3, -0.25) is 4.79 Å². The molecule has 1 atom stereocenters. The average Bonchev–Trinajstić information content (AvgIpc) is 2.84. The van der Waals surface area contributed by atoms with Gasteiger partial charge in [-0.25, -0.2) is 4.39 Å². The van der Waals surface area contributed by atoms with Crippen molar-refractivity contribution < 1.29 is 13.9 Å². The van der Waals surface area contributed by atoms with Gasteiger partial charge in [-0.05, 0) is 30.7 Å². The minimum Gasteiger partial charge on any atom is -0.382 e. The molecule has 3 rings (SSSR count). The first-order chi connectivity index (χ1) is 10.9. The van der Waals surface area contributed by atoms with Crippen LogP contribution in [0.15, 0.2) is 24.3 Å². The van der Waals surface area contributed by atoms with Crippen LogP contribution in [0.3, 0.4) is 0 Å². The average molecular weight is 319 g/mol. The molecule has 2 saturated carbocycles. The molecule has 0 unspecified atom stereocenters. The highest BCUT2D eigenvalue weighted by atomic mass is 19.1. The highest BCUT2D eigenvalue weighted by Gasteiger charge is 2.68. The van der Waals surface area contributed by atoms with Gasteiger partial charge in [0, 0.05) is 12.7 Å². The van der Waals surface area contributed by atoms with Crippen LogP contribution in [-0.4, -0.2) is 25.2 Å². The summed E-state index contributed by atoms with van der Waals surface area (Å²) in [6.45, 7) is 4.60. The summed E-state index contributed by atoms with van der Waals surface area (Å²) in [5, 5.41) is 3.25. The van der Waals surface area contributed by atoms with Gasteiger partial charge in [0.15, 0.2) is 0 Å². The molecule has 0 radical (unpaired) electrons. The van der Waals surface area contributed by atoms with Crippen molar-refractivity contribution >= 4 is 5.91 Å². The van der Waals surface area contributed by atoms with Crippen molar-refractivity contribution in [1.82, 2.24) is 5.32 Å². The minimum absolute atomic E-state index is 0.0495. The largest absolute Gasteiger partial charge is 0.382 e. The predicted octanol–water partition coefficient (Wildman–Crippen LogP) is 3.57. The summed E-state index contributed by atoms with van der Waals surface area (Å²) in [7, 11) is 1.67. The fraction of sp³-hybridized carbons (Fsp3) is 0.632. The molecule has 126 valence electrons. The van der Waals surface area contributed by atoms with Crippen LogP contribution in [0.4, 0.5) is 4.39 Å². The van der Waals surface area contributed by atoms with Gasteiger partial charge in [-0.1, -0.05) is 44.9 Å². The van der Waals surface area contributed by atoms with E-state index in [0.717, 1.165) is 25.7 Å². The van der Waals surface area contributed by atoms with Gasteiger partial charge in [0.1, 0.15) is 5.82 Å². The zero-order valence-corrected chi connectivity index (χ0v) is 14.2. The van der Waals surface area contributed by atoms with Crippen LogP contribution in [0.2, 0.25) is 0 Å². The minimum atomic E-state index is -0.762. The summed E-state index contributed by atoms with van der Waals surface area (Å²) in [5.41, 5.74) is -0.760. The lowest BCUT2D eigenvalue weighted by atomic mass is 9.85. The van der Waals surface area contributed by atoms with E-state index in [4.69, 9.17) is 4.74 Å². The molecule has 1 aromatic rings. The van der Waals surface area contributed by atoms with Crippen LogP contribution < -0.4 is 5.32 Å². The van der Waals surface area contributed by atoms with E-state index >= 15 is 0 Å². The maximum absolute atomic E-state index is 14.4. The van der Waals surface area contributed by atoms with E-state index in [1.165, 1.54) is 6.07 Å². The summed E-state index contributed by atoms with van der Waals surface area (Å²) >= 11 is 0. The number of ether oxygens (including phenoxy) is 1. The van der Waals surface area contributed by atoms with E-state index < -0.39 is 5.41 Å². The number of methoxy groups -OCH3 is 1. The second-order valence-corrected chi connectivity index (χ2v) is 7.82. The van der Waals surface area contributed by atoms with Crippen molar-refractivity contribution in [1.29, 1.82) is 0 Å². The quantitative estimate of drug-likeness (QED) is 0.901. The SMILES string of the molecule is COCC1(NC(=O)[C@]2(c3ccccc3F)CC2(C)C)CCCC1. The molecule has 4 heteroatoms. The van der Waals surface area contributed by atoms with E-state index in [1.54, 1.807) is 19.2 Å². The Morgan fingerprint density at radius 2 is 1.87 bits per heavy atom.